The molecule has 8 heteroatoms. The van der Waals surface area contributed by atoms with Crippen LogP contribution in [0.25, 0.3) is 0 Å². The van der Waals surface area contributed by atoms with Crippen molar-refractivity contribution in [3.63, 3.8) is 0 Å². The predicted octanol–water partition coefficient (Wildman–Crippen LogP) is 2.17. The molecule has 2 aromatic rings. The van der Waals surface area contributed by atoms with Gasteiger partial charge in [-0.3, -0.25) is 9.59 Å². The number of rotatable bonds is 6. The summed E-state index contributed by atoms with van der Waals surface area (Å²) in [5.41, 5.74) is 0.906. The maximum Gasteiger partial charge on any atom is 0.253 e. The van der Waals surface area contributed by atoms with Gasteiger partial charge in [0.1, 0.15) is 17.7 Å². The van der Waals surface area contributed by atoms with Gasteiger partial charge in [-0.1, -0.05) is 0 Å². The van der Waals surface area contributed by atoms with E-state index in [1.807, 2.05) is 0 Å². The van der Waals surface area contributed by atoms with Crippen molar-refractivity contribution in [2.24, 2.45) is 5.92 Å². The molecule has 0 radical (unpaired) electrons. The summed E-state index contributed by atoms with van der Waals surface area (Å²) in [7, 11) is 0. The lowest BCUT2D eigenvalue weighted by Crippen LogP contribution is -2.43. The van der Waals surface area contributed by atoms with Crippen molar-refractivity contribution >= 4 is 17.6 Å². The van der Waals surface area contributed by atoms with Gasteiger partial charge in [-0.25, -0.2) is 9.37 Å². The summed E-state index contributed by atoms with van der Waals surface area (Å²) < 4.78 is 13.0. The standard InChI is InChI=1S/C21H22FN5O2/c22-18-5-3-16(4-6-18)21(29)27-12-7-15(8-13-27)20(28)26-11-10-25-19-17(14-23)2-1-9-24-19/h1-6,9,15H,7-8,10-13H2,(H,24,25)(H,26,28). The van der Waals surface area contributed by atoms with Crippen LogP contribution in [0, 0.1) is 23.1 Å². The van der Waals surface area contributed by atoms with Gasteiger partial charge in [0, 0.05) is 43.9 Å². The van der Waals surface area contributed by atoms with Gasteiger partial charge in [0.15, 0.2) is 0 Å². The van der Waals surface area contributed by atoms with Crippen LogP contribution >= 0.6 is 0 Å². The minimum atomic E-state index is -0.377. The monoisotopic (exact) mass is 395 g/mol. The predicted molar refractivity (Wildman–Crippen MR) is 105 cm³/mol. The van der Waals surface area contributed by atoms with Crippen molar-refractivity contribution in [2.45, 2.75) is 12.8 Å². The molecule has 2 N–H and O–H groups in total. The maximum atomic E-state index is 13.0. The van der Waals surface area contributed by atoms with Gasteiger partial charge in [0.25, 0.3) is 5.91 Å². The van der Waals surface area contributed by atoms with Crippen LogP contribution in [0.5, 0.6) is 0 Å². The second-order valence-electron chi connectivity index (χ2n) is 6.80. The number of likely N-dealkylation sites (tertiary alicyclic amines) is 1. The first kappa shape index (κ1) is 20.3. The van der Waals surface area contributed by atoms with E-state index in [1.54, 1.807) is 23.2 Å². The number of hydrogen-bond acceptors (Lipinski definition) is 5. The highest BCUT2D eigenvalue weighted by molar-refractivity contribution is 5.94. The third-order valence-corrected chi connectivity index (χ3v) is 4.89. The molecule has 1 fully saturated rings. The summed E-state index contributed by atoms with van der Waals surface area (Å²) in [6.45, 7) is 1.85. The van der Waals surface area contributed by atoms with E-state index in [4.69, 9.17) is 5.26 Å². The summed E-state index contributed by atoms with van der Waals surface area (Å²) in [4.78, 5) is 30.6. The number of hydrogen-bond donors (Lipinski definition) is 2. The fourth-order valence-electron chi connectivity index (χ4n) is 3.27. The zero-order chi connectivity index (χ0) is 20.6. The SMILES string of the molecule is N#Cc1cccnc1NCCNC(=O)C1CCN(C(=O)c2ccc(F)cc2)CC1. The third-order valence-electron chi connectivity index (χ3n) is 4.89. The lowest BCUT2D eigenvalue weighted by Gasteiger charge is -2.31. The molecule has 1 aromatic heterocycles. The molecule has 0 atom stereocenters. The lowest BCUT2D eigenvalue weighted by atomic mass is 9.95. The Morgan fingerprint density at radius 3 is 2.59 bits per heavy atom. The molecule has 0 saturated carbocycles. The molecule has 1 aromatic carbocycles. The Kier molecular flexibility index (Phi) is 6.74. The molecule has 2 amide bonds. The van der Waals surface area contributed by atoms with Crippen molar-refractivity contribution in [1.29, 1.82) is 5.26 Å². The molecule has 7 nitrogen and oxygen atoms in total. The van der Waals surface area contributed by atoms with Gasteiger partial charge < -0.3 is 15.5 Å². The second kappa shape index (κ2) is 9.64. The summed E-state index contributed by atoms with van der Waals surface area (Å²) >= 11 is 0. The van der Waals surface area contributed by atoms with Crippen LogP contribution in [-0.2, 0) is 4.79 Å². The van der Waals surface area contributed by atoms with E-state index in [1.165, 1.54) is 24.3 Å². The number of carbonyl (C=O) groups excluding carboxylic acids is 2. The lowest BCUT2D eigenvalue weighted by molar-refractivity contribution is -0.126. The van der Waals surface area contributed by atoms with Crippen LogP contribution in [0.3, 0.4) is 0 Å². The Bertz CT molecular complexity index is 902. The van der Waals surface area contributed by atoms with E-state index < -0.39 is 0 Å². The number of piperidine rings is 1. The molecular weight excluding hydrogens is 373 g/mol. The fraction of sp³-hybridized carbons (Fsp3) is 0.333. The minimum Gasteiger partial charge on any atom is -0.367 e. The zero-order valence-corrected chi connectivity index (χ0v) is 15.9. The van der Waals surface area contributed by atoms with Crippen LogP contribution in [0.15, 0.2) is 42.6 Å². The average molecular weight is 395 g/mol. The van der Waals surface area contributed by atoms with E-state index in [-0.39, 0.29) is 23.5 Å². The maximum absolute atomic E-state index is 13.0. The number of halogens is 1. The van der Waals surface area contributed by atoms with Gasteiger partial charge in [-0.2, -0.15) is 5.26 Å². The smallest absolute Gasteiger partial charge is 0.253 e. The summed E-state index contributed by atoms with van der Waals surface area (Å²) in [5.74, 6) is -0.203. The van der Waals surface area contributed by atoms with Crippen molar-refractivity contribution in [3.8, 4) is 6.07 Å². The number of benzene rings is 1. The first-order valence-corrected chi connectivity index (χ1v) is 9.50. The Morgan fingerprint density at radius 2 is 1.90 bits per heavy atom. The van der Waals surface area contributed by atoms with Crippen LogP contribution in [0.4, 0.5) is 10.2 Å². The van der Waals surface area contributed by atoms with Gasteiger partial charge in [0.2, 0.25) is 5.91 Å². The Hall–Kier alpha value is -3.47. The molecule has 0 spiro atoms. The van der Waals surface area contributed by atoms with Crippen molar-refractivity contribution in [3.05, 3.63) is 59.5 Å². The fourth-order valence-corrected chi connectivity index (χ4v) is 3.27. The summed E-state index contributed by atoms with van der Waals surface area (Å²) in [6.07, 6.45) is 2.78. The zero-order valence-electron chi connectivity index (χ0n) is 15.9. The molecule has 29 heavy (non-hydrogen) atoms. The molecule has 0 aliphatic carbocycles. The number of anilines is 1. The van der Waals surface area contributed by atoms with Crippen molar-refractivity contribution in [1.82, 2.24) is 15.2 Å². The van der Waals surface area contributed by atoms with Crippen molar-refractivity contribution < 1.29 is 14.0 Å². The molecule has 1 aliphatic rings. The van der Waals surface area contributed by atoms with E-state index in [0.717, 1.165) is 0 Å². The summed E-state index contributed by atoms with van der Waals surface area (Å²) in [5, 5.41) is 15.0. The Labute approximate surface area is 168 Å². The van der Waals surface area contributed by atoms with Crippen molar-refractivity contribution in [2.75, 3.05) is 31.5 Å². The topological polar surface area (TPSA) is 98.1 Å². The van der Waals surface area contributed by atoms with E-state index >= 15 is 0 Å². The highest BCUT2D eigenvalue weighted by Gasteiger charge is 2.27. The highest BCUT2D eigenvalue weighted by Crippen LogP contribution is 2.19. The summed E-state index contributed by atoms with van der Waals surface area (Å²) in [6, 6.07) is 10.9. The van der Waals surface area contributed by atoms with Crippen LogP contribution in [0.1, 0.15) is 28.8 Å². The van der Waals surface area contributed by atoms with Gasteiger partial charge >= 0.3 is 0 Å². The molecule has 2 heterocycles. The molecule has 0 unspecified atom stereocenters. The second-order valence-corrected chi connectivity index (χ2v) is 6.80. The van der Waals surface area contributed by atoms with Gasteiger partial charge in [0.05, 0.1) is 5.56 Å². The third kappa shape index (κ3) is 5.29. The van der Waals surface area contributed by atoms with Crippen LogP contribution < -0.4 is 10.6 Å². The molecule has 1 aliphatic heterocycles. The number of nitrogens with zero attached hydrogens (tertiary/aromatic N) is 3. The number of pyridine rings is 1. The average Bonchev–Trinajstić information content (AvgIpc) is 2.77. The van der Waals surface area contributed by atoms with Gasteiger partial charge in [-0.05, 0) is 49.2 Å². The number of amides is 2. The molecule has 1 saturated heterocycles. The number of nitriles is 1. The quantitative estimate of drug-likeness (QED) is 0.731. The van der Waals surface area contributed by atoms with Crippen LogP contribution in [-0.4, -0.2) is 47.9 Å². The number of carbonyl (C=O) groups is 2. The molecular formula is C21H22FN5O2. The molecule has 0 bridgehead atoms. The number of aromatic nitrogens is 1. The number of nitrogens with one attached hydrogen (secondary N) is 2. The minimum absolute atomic E-state index is 0.0396. The Morgan fingerprint density at radius 1 is 1.17 bits per heavy atom. The van der Waals surface area contributed by atoms with E-state index in [2.05, 4.69) is 21.7 Å². The van der Waals surface area contributed by atoms with Crippen LogP contribution in [0.2, 0.25) is 0 Å². The molecule has 3 rings (SSSR count). The van der Waals surface area contributed by atoms with Gasteiger partial charge in [-0.15, -0.1) is 0 Å². The first-order valence-electron chi connectivity index (χ1n) is 9.50. The normalized spacial score (nSPS) is 14.1. The largest absolute Gasteiger partial charge is 0.367 e. The Balaban J connectivity index is 1.40. The first-order chi connectivity index (χ1) is 14.1. The highest BCUT2D eigenvalue weighted by atomic mass is 19.1. The molecule has 150 valence electrons. The van der Waals surface area contributed by atoms with E-state index in [0.29, 0.717) is 56.0 Å². The van der Waals surface area contributed by atoms with E-state index in [9.17, 15) is 14.0 Å².